The number of benzene rings is 2. The van der Waals surface area contributed by atoms with Crippen LogP contribution in [0.4, 0.5) is 5.69 Å². The standard InChI is InChI=1S/C27H30N2O3/c1-16-9-8-10-18(13-16)24-23(26(31)29-19-11-6-7-12-22(19)32-5)17(2)28-20-14-27(3,4)15-21(30)25(20)24/h6-13,24,28H,14-15H2,1-5H3,(H,29,31)/t24-/m1/s1. The molecule has 2 aromatic rings. The number of hydrogen-bond acceptors (Lipinski definition) is 4. The van der Waals surface area contributed by atoms with E-state index in [0.717, 1.165) is 28.9 Å². The van der Waals surface area contributed by atoms with Gasteiger partial charge in [0.1, 0.15) is 5.75 Å². The molecule has 1 atom stereocenters. The highest BCUT2D eigenvalue weighted by Crippen LogP contribution is 2.47. The molecule has 2 N–H and O–H groups in total. The van der Waals surface area contributed by atoms with Crippen molar-refractivity contribution in [3.05, 3.63) is 82.2 Å². The number of carbonyl (C=O) groups excluding carboxylic acids is 2. The quantitative estimate of drug-likeness (QED) is 0.696. The average molecular weight is 431 g/mol. The highest BCUT2D eigenvalue weighted by atomic mass is 16.5. The first-order valence-electron chi connectivity index (χ1n) is 10.9. The zero-order valence-electron chi connectivity index (χ0n) is 19.3. The summed E-state index contributed by atoms with van der Waals surface area (Å²) in [6.45, 7) is 8.16. The summed E-state index contributed by atoms with van der Waals surface area (Å²) in [5.74, 6) is 0.0374. The third kappa shape index (κ3) is 4.07. The highest BCUT2D eigenvalue weighted by molar-refractivity contribution is 6.10. The predicted octanol–water partition coefficient (Wildman–Crippen LogP) is 5.25. The van der Waals surface area contributed by atoms with Crippen molar-refractivity contribution in [1.82, 2.24) is 5.32 Å². The maximum atomic E-state index is 13.6. The molecule has 0 fully saturated rings. The molecule has 1 amide bonds. The van der Waals surface area contributed by atoms with Crippen LogP contribution < -0.4 is 15.4 Å². The van der Waals surface area contributed by atoms with Gasteiger partial charge in [0.2, 0.25) is 0 Å². The first kappa shape index (κ1) is 21.9. The molecular weight excluding hydrogens is 400 g/mol. The van der Waals surface area contributed by atoms with Crippen LogP contribution in [-0.2, 0) is 9.59 Å². The number of methoxy groups -OCH3 is 1. The lowest BCUT2D eigenvalue weighted by Crippen LogP contribution is -2.39. The van der Waals surface area contributed by atoms with E-state index in [9.17, 15) is 9.59 Å². The molecule has 0 spiro atoms. The zero-order chi connectivity index (χ0) is 23.0. The molecule has 0 bridgehead atoms. The number of para-hydroxylation sites is 2. The largest absolute Gasteiger partial charge is 0.495 e. The van der Waals surface area contributed by atoms with Crippen LogP contribution in [0.1, 0.15) is 50.7 Å². The van der Waals surface area contributed by atoms with E-state index in [1.165, 1.54) is 0 Å². The lowest BCUT2D eigenvalue weighted by Gasteiger charge is -2.39. The van der Waals surface area contributed by atoms with E-state index < -0.39 is 5.92 Å². The fourth-order valence-corrected chi connectivity index (χ4v) is 4.86. The molecule has 2 aromatic carbocycles. The van der Waals surface area contributed by atoms with Crippen LogP contribution in [0.25, 0.3) is 0 Å². The number of Topliss-reactive ketones (excluding diaryl/α,β-unsaturated/α-hetero) is 1. The lowest BCUT2D eigenvalue weighted by molar-refractivity contribution is -0.118. The maximum Gasteiger partial charge on any atom is 0.254 e. The number of nitrogens with one attached hydrogen (secondary N) is 2. The molecular formula is C27H30N2O3. The molecule has 0 radical (unpaired) electrons. The molecule has 5 nitrogen and oxygen atoms in total. The van der Waals surface area contributed by atoms with E-state index in [2.05, 4.69) is 30.5 Å². The first-order valence-corrected chi connectivity index (χ1v) is 10.9. The summed E-state index contributed by atoms with van der Waals surface area (Å²) in [6, 6.07) is 15.4. The van der Waals surface area contributed by atoms with Crippen molar-refractivity contribution in [2.24, 2.45) is 5.41 Å². The number of hydrogen-bond donors (Lipinski definition) is 2. The molecule has 0 aromatic heterocycles. The zero-order valence-corrected chi connectivity index (χ0v) is 19.3. The Morgan fingerprint density at radius 1 is 1.09 bits per heavy atom. The minimum Gasteiger partial charge on any atom is -0.495 e. The minimum atomic E-state index is -0.413. The van der Waals surface area contributed by atoms with E-state index in [1.807, 2.05) is 50.2 Å². The van der Waals surface area contributed by atoms with Crippen LogP contribution in [0.15, 0.2) is 71.1 Å². The Hall–Kier alpha value is -3.34. The van der Waals surface area contributed by atoms with Gasteiger partial charge in [0.25, 0.3) is 5.91 Å². The van der Waals surface area contributed by atoms with Gasteiger partial charge in [0, 0.05) is 34.9 Å². The van der Waals surface area contributed by atoms with Crippen LogP contribution in [-0.4, -0.2) is 18.8 Å². The number of rotatable bonds is 4. The van der Waals surface area contributed by atoms with Crippen LogP contribution in [0.3, 0.4) is 0 Å². The number of carbonyl (C=O) groups is 2. The number of anilines is 1. The third-order valence-electron chi connectivity index (χ3n) is 6.21. The van der Waals surface area contributed by atoms with Crippen LogP contribution >= 0.6 is 0 Å². The van der Waals surface area contributed by atoms with Gasteiger partial charge in [-0.1, -0.05) is 55.8 Å². The summed E-state index contributed by atoms with van der Waals surface area (Å²) in [5, 5.41) is 6.42. The second-order valence-electron chi connectivity index (χ2n) is 9.50. The molecule has 2 aliphatic rings. The molecule has 1 aliphatic heterocycles. The molecule has 5 heteroatoms. The Balaban J connectivity index is 1.82. The number of amides is 1. The van der Waals surface area contributed by atoms with Crippen molar-refractivity contribution in [3.63, 3.8) is 0 Å². The van der Waals surface area contributed by atoms with Crippen molar-refractivity contribution in [3.8, 4) is 5.75 Å². The Bertz CT molecular complexity index is 1160. The van der Waals surface area contributed by atoms with Gasteiger partial charge in [-0.2, -0.15) is 0 Å². The molecule has 166 valence electrons. The van der Waals surface area contributed by atoms with Crippen molar-refractivity contribution in [2.45, 2.75) is 46.5 Å². The van der Waals surface area contributed by atoms with Crippen molar-refractivity contribution in [1.29, 1.82) is 0 Å². The monoisotopic (exact) mass is 430 g/mol. The molecule has 1 aliphatic carbocycles. The molecule has 0 saturated heterocycles. The summed E-state index contributed by atoms with van der Waals surface area (Å²) in [6.07, 6.45) is 1.24. The number of aryl methyl sites for hydroxylation is 1. The van der Waals surface area contributed by atoms with Gasteiger partial charge in [0.15, 0.2) is 5.78 Å². The summed E-state index contributed by atoms with van der Waals surface area (Å²) in [4.78, 5) is 27.0. The summed E-state index contributed by atoms with van der Waals surface area (Å²) in [7, 11) is 1.58. The van der Waals surface area contributed by atoms with E-state index in [1.54, 1.807) is 13.2 Å². The lowest BCUT2D eigenvalue weighted by atomic mass is 9.68. The van der Waals surface area contributed by atoms with Gasteiger partial charge >= 0.3 is 0 Å². The fourth-order valence-electron chi connectivity index (χ4n) is 4.86. The summed E-state index contributed by atoms with van der Waals surface area (Å²) < 4.78 is 5.40. The van der Waals surface area contributed by atoms with Crippen LogP contribution in [0.2, 0.25) is 0 Å². The second kappa shape index (κ2) is 8.30. The van der Waals surface area contributed by atoms with E-state index in [0.29, 0.717) is 29.0 Å². The second-order valence-corrected chi connectivity index (χ2v) is 9.50. The number of allylic oxidation sites excluding steroid dienone is 3. The van der Waals surface area contributed by atoms with Gasteiger partial charge < -0.3 is 15.4 Å². The smallest absolute Gasteiger partial charge is 0.254 e. The Kier molecular flexibility index (Phi) is 5.68. The van der Waals surface area contributed by atoms with Gasteiger partial charge in [-0.3, -0.25) is 9.59 Å². The normalized spacial score (nSPS) is 19.9. The van der Waals surface area contributed by atoms with Crippen molar-refractivity contribution in [2.75, 3.05) is 12.4 Å². The van der Waals surface area contributed by atoms with Crippen LogP contribution in [0.5, 0.6) is 5.75 Å². The summed E-state index contributed by atoms with van der Waals surface area (Å²) in [5.41, 5.74) is 5.51. The van der Waals surface area contributed by atoms with Gasteiger partial charge in [0.05, 0.1) is 12.8 Å². The molecule has 4 rings (SSSR count). The minimum absolute atomic E-state index is 0.102. The Morgan fingerprint density at radius 3 is 2.56 bits per heavy atom. The predicted molar refractivity (Wildman–Crippen MR) is 126 cm³/mol. The number of ketones is 1. The van der Waals surface area contributed by atoms with Gasteiger partial charge in [-0.15, -0.1) is 0 Å². The molecule has 1 heterocycles. The van der Waals surface area contributed by atoms with E-state index in [4.69, 9.17) is 4.74 Å². The highest BCUT2D eigenvalue weighted by Gasteiger charge is 2.42. The average Bonchev–Trinajstić information content (AvgIpc) is 2.72. The van der Waals surface area contributed by atoms with Gasteiger partial charge in [-0.25, -0.2) is 0 Å². The molecule has 0 unspecified atom stereocenters. The number of ether oxygens (including phenoxy) is 1. The van der Waals surface area contributed by atoms with Gasteiger partial charge in [-0.05, 0) is 43.4 Å². The van der Waals surface area contributed by atoms with Crippen molar-refractivity contribution < 1.29 is 14.3 Å². The number of dihydropyridines is 1. The fraction of sp³-hybridized carbons (Fsp3) is 0.333. The van der Waals surface area contributed by atoms with Crippen LogP contribution in [0, 0.1) is 12.3 Å². The maximum absolute atomic E-state index is 13.6. The topological polar surface area (TPSA) is 67.4 Å². The summed E-state index contributed by atoms with van der Waals surface area (Å²) >= 11 is 0. The van der Waals surface area contributed by atoms with E-state index in [-0.39, 0.29) is 17.1 Å². The van der Waals surface area contributed by atoms with E-state index >= 15 is 0 Å². The molecule has 0 saturated carbocycles. The third-order valence-corrected chi connectivity index (χ3v) is 6.21. The Labute approximate surface area is 189 Å². The first-order chi connectivity index (χ1) is 15.2. The Morgan fingerprint density at radius 2 is 1.84 bits per heavy atom. The molecule has 32 heavy (non-hydrogen) atoms. The SMILES string of the molecule is COc1ccccc1NC(=O)C1=C(C)NC2=C(C(=O)CC(C)(C)C2)[C@@H]1c1cccc(C)c1. The van der Waals surface area contributed by atoms with Crippen molar-refractivity contribution >= 4 is 17.4 Å².